The molecule has 154 valence electrons. The maximum absolute atomic E-state index is 13.5. The number of benzene rings is 2. The summed E-state index contributed by atoms with van der Waals surface area (Å²) >= 11 is 6.29. The van der Waals surface area contributed by atoms with Gasteiger partial charge in [0, 0.05) is 11.6 Å². The van der Waals surface area contributed by atoms with Crippen molar-refractivity contribution in [3.8, 4) is 5.75 Å². The normalized spacial score (nSPS) is 28.0. The van der Waals surface area contributed by atoms with Crippen LogP contribution in [0.4, 0.5) is 5.69 Å². The third kappa shape index (κ3) is 2.71. The van der Waals surface area contributed by atoms with E-state index in [4.69, 9.17) is 16.3 Å². The lowest BCUT2D eigenvalue weighted by atomic mass is 9.85. The van der Waals surface area contributed by atoms with Crippen molar-refractivity contribution < 1.29 is 19.1 Å². The molecular weight excluding hydrogens is 404 g/mol. The molecule has 4 unspecified atom stereocenters. The minimum Gasteiger partial charge on any atom is -0.497 e. The minimum absolute atomic E-state index is 0.0915. The number of amides is 2. The van der Waals surface area contributed by atoms with Gasteiger partial charge in [0.15, 0.2) is 5.78 Å². The Morgan fingerprint density at radius 3 is 2.43 bits per heavy atom. The molecule has 0 aliphatic carbocycles. The zero-order valence-corrected chi connectivity index (χ0v) is 17.2. The second kappa shape index (κ2) is 7.22. The van der Waals surface area contributed by atoms with Gasteiger partial charge in [0.2, 0.25) is 11.8 Å². The Hall–Kier alpha value is -2.70. The molecule has 6 nitrogen and oxygen atoms in total. The maximum Gasteiger partial charge on any atom is 0.239 e. The molecule has 0 radical (unpaired) electrons. The van der Waals surface area contributed by atoms with Crippen molar-refractivity contribution in [2.45, 2.75) is 24.9 Å². The summed E-state index contributed by atoms with van der Waals surface area (Å²) in [7, 11) is 1.56. The molecule has 0 N–H and O–H groups in total. The number of anilines is 1. The van der Waals surface area contributed by atoms with Crippen molar-refractivity contribution in [1.29, 1.82) is 0 Å². The topological polar surface area (TPSA) is 66.9 Å². The number of methoxy groups -OCH3 is 1. The predicted octanol–water partition coefficient (Wildman–Crippen LogP) is 3.18. The molecule has 0 saturated carbocycles. The number of halogens is 1. The molecule has 2 amide bonds. The third-order valence-corrected chi connectivity index (χ3v) is 6.92. The molecule has 4 atom stereocenters. The minimum atomic E-state index is -0.686. The summed E-state index contributed by atoms with van der Waals surface area (Å²) in [6.45, 7) is 0.710. The van der Waals surface area contributed by atoms with E-state index in [1.807, 2.05) is 0 Å². The SMILES string of the molecule is COc1ccc(N2C(=O)C3C(C2=O)C(C(=O)c2ccccc2Cl)N2CCCC32)cc1. The number of carbonyl (C=O) groups excluding carboxylic acids is 3. The predicted molar refractivity (Wildman–Crippen MR) is 112 cm³/mol. The van der Waals surface area contributed by atoms with E-state index >= 15 is 0 Å². The zero-order valence-electron chi connectivity index (χ0n) is 16.5. The average molecular weight is 425 g/mol. The quantitative estimate of drug-likeness (QED) is 0.557. The van der Waals surface area contributed by atoms with E-state index in [1.165, 1.54) is 4.90 Å². The van der Waals surface area contributed by atoms with Crippen LogP contribution >= 0.6 is 11.6 Å². The molecule has 3 saturated heterocycles. The monoisotopic (exact) mass is 424 g/mol. The van der Waals surface area contributed by atoms with Crippen LogP contribution in [0, 0.1) is 11.8 Å². The number of hydrogen-bond donors (Lipinski definition) is 0. The molecule has 3 heterocycles. The van der Waals surface area contributed by atoms with Gasteiger partial charge in [-0.05, 0) is 55.8 Å². The molecule has 30 heavy (non-hydrogen) atoms. The van der Waals surface area contributed by atoms with Crippen molar-refractivity contribution in [1.82, 2.24) is 4.90 Å². The number of Topliss-reactive ketones (excluding diaryl/α,β-unsaturated/α-hetero) is 1. The van der Waals surface area contributed by atoms with Gasteiger partial charge in [-0.3, -0.25) is 19.3 Å². The lowest BCUT2D eigenvalue weighted by Gasteiger charge is -2.27. The zero-order chi connectivity index (χ0) is 21.0. The highest BCUT2D eigenvalue weighted by Crippen LogP contribution is 2.48. The molecule has 3 aliphatic rings. The highest BCUT2D eigenvalue weighted by molar-refractivity contribution is 6.34. The lowest BCUT2D eigenvalue weighted by molar-refractivity contribution is -0.123. The van der Waals surface area contributed by atoms with Crippen LogP contribution in [0.15, 0.2) is 48.5 Å². The number of nitrogens with zero attached hydrogens (tertiary/aromatic N) is 2. The summed E-state index contributed by atoms with van der Waals surface area (Å²) in [6.07, 6.45) is 1.72. The van der Waals surface area contributed by atoms with Crippen LogP contribution in [0.2, 0.25) is 5.02 Å². The molecule has 3 aliphatic heterocycles. The van der Waals surface area contributed by atoms with Gasteiger partial charge in [0.1, 0.15) is 5.75 Å². The Labute approximate surface area is 179 Å². The van der Waals surface area contributed by atoms with E-state index in [0.717, 1.165) is 12.8 Å². The van der Waals surface area contributed by atoms with Gasteiger partial charge in [-0.25, -0.2) is 4.90 Å². The fourth-order valence-electron chi connectivity index (χ4n) is 5.32. The third-order valence-electron chi connectivity index (χ3n) is 6.59. The fraction of sp³-hybridized carbons (Fsp3) is 0.348. The molecular formula is C23H21ClN2O4. The van der Waals surface area contributed by atoms with Gasteiger partial charge in [0.25, 0.3) is 0 Å². The number of hydrogen-bond acceptors (Lipinski definition) is 5. The van der Waals surface area contributed by atoms with Crippen LogP contribution in [-0.2, 0) is 9.59 Å². The first-order valence-electron chi connectivity index (χ1n) is 10.1. The van der Waals surface area contributed by atoms with Crippen LogP contribution in [-0.4, -0.2) is 48.2 Å². The van der Waals surface area contributed by atoms with E-state index in [1.54, 1.807) is 55.6 Å². The Bertz CT molecular complexity index is 1040. The summed E-state index contributed by atoms with van der Waals surface area (Å²) < 4.78 is 5.17. The smallest absolute Gasteiger partial charge is 0.239 e. The molecule has 0 bridgehead atoms. The molecule has 5 rings (SSSR count). The Morgan fingerprint density at radius 1 is 1.03 bits per heavy atom. The van der Waals surface area contributed by atoms with Crippen LogP contribution in [0.5, 0.6) is 5.75 Å². The van der Waals surface area contributed by atoms with E-state index < -0.39 is 17.9 Å². The maximum atomic E-state index is 13.5. The number of fused-ring (bicyclic) bond motifs is 3. The highest BCUT2D eigenvalue weighted by atomic mass is 35.5. The van der Waals surface area contributed by atoms with Gasteiger partial charge in [0.05, 0.1) is 35.7 Å². The van der Waals surface area contributed by atoms with Gasteiger partial charge in [-0.15, -0.1) is 0 Å². The van der Waals surface area contributed by atoms with Crippen molar-refractivity contribution in [2.75, 3.05) is 18.6 Å². The summed E-state index contributed by atoms with van der Waals surface area (Å²) in [5.74, 6) is -1.26. The molecule has 2 aromatic carbocycles. The largest absolute Gasteiger partial charge is 0.497 e. The van der Waals surface area contributed by atoms with E-state index in [2.05, 4.69) is 4.90 Å². The van der Waals surface area contributed by atoms with Crippen molar-refractivity contribution >= 4 is 34.9 Å². The lowest BCUT2D eigenvalue weighted by Crippen LogP contribution is -2.46. The van der Waals surface area contributed by atoms with Crippen LogP contribution < -0.4 is 9.64 Å². The molecule has 0 spiro atoms. The Balaban J connectivity index is 1.54. The van der Waals surface area contributed by atoms with Gasteiger partial charge < -0.3 is 4.74 Å². The highest BCUT2D eigenvalue weighted by Gasteiger charge is 2.64. The molecule has 2 aromatic rings. The summed E-state index contributed by atoms with van der Waals surface area (Å²) in [4.78, 5) is 43.7. The number of rotatable bonds is 4. The van der Waals surface area contributed by atoms with Crippen LogP contribution in [0.1, 0.15) is 23.2 Å². The first-order chi connectivity index (χ1) is 14.5. The average Bonchev–Trinajstić information content (AvgIpc) is 3.40. The number of ketones is 1. The second-order valence-corrected chi connectivity index (χ2v) is 8.41. The first-order valence-corrected chi connectivity index (χ1v) is 10.5. The number of imide groups is 1. The Morgan fingerprint density at radius 2 is 1.73 bits per heavy atom. The van der Waals surface area contributed by atoms with Crippen LogP contribution in [0.25, 0.3) is 0 Å². The van der Waals surface area contributed by atoms with Crippen molar-refractivity contribution in [2.24, 2.45) is 11.8 Å². The van der Waals surface area contributed by atoms with Crippen LogP contribution in [0.3, 0.4) is 0 Å². The van der Waals surface area contributed by atoms with Crippen molar-refractivity contribution in [3.63, 3.8) is 0 Å². The van der Waals surface area contributed by atoms with E-state index in [9.17, 15) is 14.4 Å². The second-order valence-electron chi connectivity index (χ2n) is 8.00. The Kier molecular flexibility index (Phi) is 4.64. The first kappa shape index (κ1) is 19.3. The van der Waals surface area contributed by atoms with Gasteiger partial charge in [-0.1, -0.05) is 23.7 Å². The standard InChI is InChI=1S/C23H21ClN2O4/c1-30-14-10-8-13(9-11-14)26-22(28)18-17-7-4-12-25(17)20(19(18)23(26)29)21(27)15-5-2-3-6-16(15)24/h2-3,5-6,8-11,17-20H,4,7,12H2,1H3. The summed E-state index contributed by atoms with van der Waals surface area (Å²) in [5, 5.41) is 0.366. The van der Waals surface area contributed by atoms with E-state index in [-0.39, 0.29) is 23.6 Å². The number of ether oxygens (including phenoxy) is 1. The molecule has 0 aromatic heterocycles. The fourth-order valence-corrected chi connectivity index (χ4v) is 5.55. The van der Waals surface area contributed by atoms with Gasteiger partial charge >= 0.3 is 0 Å². The summed E-state index contributed by atoms with van der Waals surface area (Å²) in [5.41, 5.74) is 0.910. The van der Waals surface area contributed by atoms with E-state index in [0.29, 0.717) is 28.6 Å². The van der Waals surface area contributed by atoms with Gasteiger partial charge in [-0.2, -0.15) is 0 Å². The molecule has 3 fully saturated rings. The van der Waals surface area contributed by atoms with Crippen molar-refractivity contribution in [3.05, 3.63) is 59.1 Å². The number of carbonyl (C=O) groups is 3. The summed E-state index contributed by atoms with van der Waals surface area (Å²) in [6, 6.07) is 13.0. The molecule has 7 heteroatoms.